The van der Waals surface area contributed by atoms with Gasteiger partial charge in [-0.1, -0.05) is 0 Å². The third-order valence-electron chi connectivity index (χ3n) is 2.62. The second-order valence-electron chi connectivity index (χ2n) is 4.41. The number of nitrogen functional groups attached to an aromatic ring is 1. The molecule has 0 unspecified atom stereocenters. The van der Waals surface area contributed by atoms with Gasteiger partial charge in [-0.2, -0.15) is 0 Å². The Morgan fingerprint density at radius 3 is 1.75 bits per heavy atom. The van der Waals surface area contributed by atoms with Crippen LogP contribution in [0.25, 0.3) is 0 Å². The van der Waals surface area contributed by atoms with Crippen LogP contribution in [0.2, 0.25) is 0 Å². The third kappa shape index (κ3) is 6.11. The number of methoxy groups -OCH3 is 2. The Labute approximate surface area is 150 Å². The van der Waals surface area contributed by atoms with Crippen LogP contribution < -0.4 is 5.73 Å². The predicted molar refractivity (Wildman–Crippen MR) is 92.6 cm³/mol. The van der Waals surface area contributed by atoms with Crippen LogP contribution >= 0.6 is 22.6 Å². The van der Waals surface area contributed by atoms with Crippen molar-refractivity contribution in [3.8, 4) is 0 Å². The molecule has 0 aromatic heterocycles. The molecule has 2 N–H and O–H groups in total. The first kappa shape index (κ1) is 19.8. The van der Waals surface area contributed by atoms with Gasteiger partial charge in [0.15, 0.2) is 0 Å². The van der Waals surface area contributed by atoms with Gasteiger partial charge in [-0.15, -0.1) is 0 Å². The van der Waals surface area contributed by atoms with Gasteiger partial charge in [0.1, 0.15) is 11.6 Å². The van der Waals surface area contributed by atoms with Gasteiger partial charge in [-0.05, 0) is 59.0 Å². The number of halogens is 3. The highest BCUT2D eigenvalue weighted by molar-refractivity contribution is 14.1. The lowest BCUT2D eigenvalue weighted by atomic mass is 10.2. The van der Waals surface area contributed by atoms with E-state index in [-0.39, 0.29) is 16.8 Å². The summed E-state index contributed by atoms with van der Waals surface area (Å²) in [5.74, 6) is -2.09. The van der Waals surface area contributed by atoms with Crippen LogP contribution in [-0.2, 0) is 9.47 Å². The van der Waals surface area contributed by atoms with Crippen molar-refractivity contribution >= 4 is 40.2 Å². The Balaban J connectivity index is 0.000000240. The zero-order valence-corrected chi connectivity index (χ0v) is 15.0. The summed E-state index contributed by atoms with van der Waals surface area (Å²) in [6.07, 6.45) is 0. The van der Waals surface area contributed by atoms with Crippen LogP contribution in [0.1, 0.15) is 20.7 Å². The molecule has 0 aliphatic rings. The summed E-state index contributed by atoms with van der Waals surface area (Å²) in [6, 6.07) is 7.61. The number of anilines is 1. The molecule has 24 heavy (non-hydrogen) atoms. The average Bonchev–Trinajstić information content (AvgIpc) is 2.52. The van der Waals surface area contributed by atoms with E-state index in [1.54, 1.807) is 6.07 Å². The van der Waals surface area contributed by atoms with Crippen molar-refractivity contribution in [2.45, 2.75) is 0 Å². The molecule has 128 valence electrons. The second-order valence-corrected chi connectivity index (χ2v) is 5.66. The Bertz CT molecular complexity index is 649. The van der Waals surface area contributed by atoms with E-state index in [1.807, 2.05) is 22.6 Å². The van der Waals surface area contributed by atoms with Gasteiger partial charge in [-0.3, -0.25) is 0 Å². The largest absolute Gasteiger partial charge is 0.465 e. The second kappa shape index (κ2) is 9.16. The first-order chi connectivity index (χ1) is 11.3. The molecule has 0 atom stereocenters. The fourth-order valence-electron chi connectivity index (χ4n) is 1.64. The summed E-state index contributed by atoms with van der Waals surface area (Å²) >= 11 is 1.93. The summed E-state index contributed by atoms with van der Waals surface area (Å²) in [5.41, 5.74) is 5.87. The van der Waals surface area contributed by atoms with Crippen LogP contribution in [0.3, 0.4) is 0 Å². The van der Waals surface area contributed by atoms with Crippen molar-refractivity contribution in [1.29, 1.82) is 0 Å². The monoisotopic (exact) mass is 449 g/mol. The smallest absolute Gasteiger partial charge is 0.338 e. The van der Waals surface area contributed by atoms with Gasteiger partial charge in [0.25, 0.3) is 0 Å². The first-order valence-corrected chi connectivity index (χ1v) is 7.53. The molecular weight excluding hydrogens is 435 g/mol. The molecule has 2 rings (SSSR count). The molecule has 5 nitrogen and oxygen atoms in total. The van der Waals surface area contributed by atoms with Crippen molar-refractivity contribution < 1.29 is 27.8 Å². The molecule has 0 amide bonds. The number of esters is 2. The van der Waals surface area contributed by atoms with E-state index >= 15 is 0 Å². The van der Waals surface area contributed by atoms with E-state index in [2.05, 4.69) is 9.47 Å². The highest BCUT2D eigenvalue weighted by Gasteiger charge is 2.07. The van der Waals surface area contributed by atoms with Gasteiger partial charge in [0.05, 0.1) is 25.3 Å². The molecule has 2 aromatic carbocycles. The van der Waals surface area contributed by atoms with Gasteiger partial charge in [0.2, 0.25) is 0 Å². The van der Waals surface area contributed by atoms with Crippen LogP contribution in [0.4, 0.5) is 14.5 Å². The minimum absolute atomic E-state index is 0.120. The first-order valence-electron chi connectivity index (χ1n) is 6.45. The van der Waals surface area contributed by atoms with Gasteiger partial charge in [0, 0.05) is 9.26 Å². The number of rotatable bonds is 2. The Kier molecular flexibility index (Phi) is 7.56. The summed E-state index contributed by atoms with van der Waals surface area (Å²) in [6.45, 7) is 0. The zero-order valence-electron chi connectivity index (χ0n) is 12.8. The van der Waals surface area contributed by atoms with E-state index in [1.165, 1.54) is 26.4 Å². The lowest BCUT2D eigenvalue weighted by Gasteiger charge is -2.00. The highest BCUT2D eigenvalue weighted by Crippen LogP contribution is 2.12. The van der Waals surface area contributed by atoms with Crippen LogP contribution in [0, 0.1) is 15.2 Å². The van der Waals surface area contributed by atoms with Gasteiger partial charge in [-0.25, -0.2) is 18.4 Å². The van der Waals surface area contributed by atoms with E-state index in [4.69, 9.17) is 5.73 Å². The molecular formula is C16H14F2INO4. The van der Waals surface area contributed by atoms with Gasteiger partial charge < -0.3 is 15.2 Å². The van der Waals surface area contributed by atoms with Gasteiger partial charge >= 0.3 is 11.9 Å². The Morgan fingerprint density at radius 2 is 1.33 bits per heavy atom. The van der Waals surface area contributed by atoms with E-state index in [9.17, 15) is 18.4 Å². The van der Waals surface area contributed by atoms with E-state index in [0.29, 0.717) is 3.57 Å². The van der Waals surface area contributed by atoms with Crippen molar-refractivity contribution in [2.75, 3.05) is 20.0 Å². The average molecular weight is 449 g/mol. The minimum atomic E-state index is -0.596. The molecule has 0 saturated carbocycles. The molecule has 0 radical (unpaired) electrons. The number of benzene rings is 2. The molecule has 0 bridgehead atoms. The Hall–Kier alpha value is -2.23. The molecule has 0 spiro atoms. The summed E-state index contributed by atoms with van der Waals surface area (Å²) in [7, 11) is 2.49. The lowest BCUT2D eigenvalue weighted by molar-refractivity contribution is 0.0591. The minimum Gasteiger partial charge on any atom is -0.465 e. The van der Waals surface area contributed by atoms with Crippen molar-refractivity contribution in [1.82, 2.24) is 0 Å². The third-order valence-corrected chi connectivity index (χ3v) is 3.25. The number of hydrogen-bond donors (Lipinski definition) is 1. The maximum atomic E-state index is 12.7. The molecule has 2 aromatic rings. The predicted octanol–water partition coefficient (Wildman–Crippen LogP) is 3.41. The number of carbonyl (C=O) groups excluding carboxylic acids is 2. The highest BCUT2D eigenvalue weighted by atomic mass is 127. The number of carbonyl (C=O) groups is 2. The number of hydrogen-bond acceptors (Lipinski definition) is 5. The van der Waals surface area contributed by atoms with Crippen molar-refractivity contribution in [2.24, 2.45) is 0 Å². The summed E-state index contributed by atoms with van der Waals surface area (Å²) in [4.78, 5) is 21.8. The zero-order chi connectivity index (χ0) is 18.3. The van der Waals surface area contributed by atoms with Crippen LogP contribution in [-0.4, -0.2) is 26.2 Å². The van der Waals surface area contributed by atoms with E-state index in [0.717, 1.165) is 18.2 Å². The van der Waals surface area contributed by atoms with Crippen LogP contribution in [0.5, 0.6) is 0 Å². The molecule has 8 heteroatoms. The van der Waals surface area contributed by atoms with Crippen molar-refractivity contribution in [3.05, 3.63) is 62.7 Å². The topological polar surface area (TPSA) is 78.6 Å². The SMILES string of the molecule is COC(=O)c1cc(F)cc(I)c1.COC(=O)c1cc(N)cc(F)c1. The standard InChI is InChI=1S/C8H6FIO2.C8H8FNO2/c2*1-12-8(11)5-2-6(9)4-7(10)3-5/h2-4H,1H3;2-4H,10H2,1H3. The van der Waals surface area contributed by atoms with Crippen LogP contribution in [0.15, 0.2) is 36.4 Å². The Morgan fingerprint density at radius 1 is 0.875 bits per heavy atom. The molecule has 0 heterocycles. The number of nitrogens with two attached hydrogens (primary N) is 1. The molecule has 0 aliphatic carbocycles. The maximum Gasteiger partial charge on any atom is 0.338 e. The fourth-order valence-corrected chi connectivity index (χ4v) is 2.27. The maximum absolute atomic E-state index is 12.7. The summed E-state index contributed by atoms with van der Waals surface area (Å²) in [5, 5.41) is 0. The molecule has 0 aliphatic heterocycles. The molecule has 0 saturated heterocycles. The summed E-state index contributed by atoms with van der Waals surface area (Å²) < 4.78 is 34.8. The van der Waals surface area contributed by atoms with Crippen molar-refractivity contribution in [3.63, 3.8) is 0 Å². The molecule has 0 fully saturated rings. The lowest BCUT2D eigenvalue weighted by Crippen LogP contribution is -2.02. The normalized spacial score (nSPS) is 9.54. The van der Waals surface area contributed by atoms with E-state index < -0.39 is 23.6 Å². The fraction of sp³-hybridized carbons (Fsp3) is 0.125. The quantitative estimate of drug-likeness (QED) is 0.432. The number of ether oxygens (including phenoxy) is 2.